The smallest absolute Gasteiger partial charge is 0.243 e. The Labute approximate surface area is 390 Å². The van der Waals surface area contributed by atoms with Crippen molar-refractivity contribution >= 4 is 72.1 Å². The molecule has 0 aromatic heterocycles. The second-order valence-corrected chi connectivity index (χ2v) is 28.0. The van der Waals surface area contributed by atoms with Gasteiger partial charge in [-0.2, -0.15) is 0 Å². The standard InChI is InChI=1S/C48H69N6O9PS2/c1-31(2)41(52-43(55)37(27-65(60,61)47(5,6)7)25-35-21-15-19-33-17-11-13-23-39(33)35)45(57)50-29-64(59,54-49)30-51-46(58)42(32(3)4)53-44(56)38(28-66(62,63)48(8,9)10)26-36-22-16-20-34-18-12-14-24-40(34)36/h11-24,31-32,37-38,41-42H,25-30,49H2,1-10H3,(H,50,57)(H,51,58)(H,52,55)(H,53,56)(H,54,59)/t37-,38-,41+,42+/m1/s1. The van der Waals surface area contributed by atoms with Gasteiger partial charge in [-0.1, -0.05) is 113 Å². The first-order valence-electron chi connectivity index (χ1n) is 22.2. The summed E-state index contributed by atoms with van der Waals surface area (Å²) in [5.41, 5.74) is 1.54. The van der Waals surface area contributed by atoms with Gasteiger partial charge in [0.2, 0.25) is 23.6 Å². The average Bonchev–Trinajstić information content (AvgIpc) is 3.24. The maximum Gasteiger partial charge on any atom is 0.243 e. The Kier molecular flexibility index (Phi) is 18.0. The van der Waals surface area contributed by atoms with Crippen molar-refractivity contribution in [3.05, 3.63) is 96.1 Å². The largest absolute Gasteiger partial charge is 0.346 e. The Bertz CT molecular complexity index is 2470. The van der Waals surface area contributed by atoms with E-state index >= 15 is 0 Å². The normalized spacial score (nSPS) is 14.7. The molecule has 0 aliphatic carbocycles. The van der Waals surface area contributed by atoms with Crippen LogP contribution in [0.1, 0.15) is 80.4 Å². The summed E-state index contributed by atoms with van der Waals surface area (Å²) in [4.78, 5) is 55.7. The summed E-state index contributed by atoms with van der Waals surface area (Å²) in [6, 6.07) is 24.0. The van der Waals surface area contributed by atoms with Crippen molar-refractivity contribution in [2.75, 3.05) is 24.1 Å². The lowest BCUT2D eigenvalue weighted by atomic mass is 9.94. The van der Waals surface area contributed by atoms with Crippen LogP contribution < -0.4 is 32.3 Å². The molecule has 0 aliphatic rings. The maximum atomic E-state index is 14.1. The molecule has 4 atom stereocenters. The number of carbonyl (C=O) groups excluding carboxylic acids is 4. The summed E-state index contributed by atoms with van der Waals surface area (Å²) in [6.07, 6.45) is -0.925. The van der Waals surface area contributed by atoms with Crippen molar-refractivity contribution in [2.24, 2.45) is 29.5 Å². The minimum Gasteiger partial charge on any atom is -0.346 e. The van der Waals surface area contributed by atoms with Gasteiger partial charge in [0.15, 0.2) is 27.0 Å². The van der Waals surface area contributed by atoms with Crippen LogP contribution in [0.2, 0.25) is 0 Å². The third kappa shape index (κ3) is 13.9. The zero-order valence-corrected chi connectivity index (χ0v) is 42.3. The zero-order chi connectivity index (χ0) is 49.4. The molecule has 0 aliphatic heterocycles. The van der Waals surface area contributed by atoms with Crippen LogP contribution in [0.15, 0.2) is 84.9 Å². The molecule has 15 nitrogen and oxygen atoms in total. The van der Waals surface area contributed by atoms with Gasteiger partial charge in [-0.15, -0.1) is 0 Å². The lowest BCUT2D eigenvalue weighted by Crippen LogP contribution is -2.54. The fraction of sp³-hybridized carbons (Fsp3) is 0.500. The Balaban J connectivity index is 1.48. The van der Waals surface area contributed by atoms with E-state index in [1.54, 1.807) is 69.2 Å². The lowest BCUT2D eigenvalue weighted by molar-refractivity contribution is -0.131. The van der Waals surface area contributed by atoms with Crippen molar-refractivity contribution in [1.82, 2.24) is 26.5 Å². The van der Waals surface area contributed by atoms with E-state index in [-0.39, 0.29) is 12.8 Å². The molecular weight excluding hydrogens is 900 g/mol. The number of fused-ring (bicyclic) bond motifs is 2. The van der Waals surface area contributed by atoms with E-state index in [4.69, 9.17) is 5.84 Å². The molecule has 4 aromatic carbocycles. The van der Waals surface area contributed by atoms with Gasteiger partial charge < -0.3 is 25.8 Å². The van der Waals surface area contributed by atoms with Crippen LogP contribution in [0.3, 0.4) is 0 Å². The predicted molar refractivity (Wildman–Crippen MR) is 264 cm³/mol. The molecule has 0 fully saturated rings. The monoisotopic (exact) mass is 968 g/mol. The van der Waals surface area contributed by atoms with Crippen LogP contribution in [0.25, 0.3) is 21.5 Å². The van der Waals surface area contributed by atoms with Gasteiger partial charge in [-0.05, 0) is 98.9 Å². The molecule has 0 radical (unpaired) electrons. The van der Waals surface area contributed by atoms with E-state index in [0.717, 1.165) is 32.7 Å². The van der Waals surface area contributed by atoms with Crippen molar-refractivity contribution in [3.63, 3.8) is 0 Å². The van der Waals surface area contributed by atoms with E-state index in [2.05, 4.69) is 26.5 Å². The second kappa shape index (κ2) is 22.0. The van der Waals surface area contributed by atoms with E-state index in [1.807, 2.05) is 84.9 Å². The first kappa shape index (κ1) is 53.9. The number of rotatable bonds is 21. The summed E-state index contributed by atoms with van der Waals surface area (Å²) in [5.74, 6) is -1.02. The number of nitrogens with two attached hydrogens (primary N) is 1. The number of sulfone groups is 2. The maximum absolute atomic E-state index is 14.1. The van der Waals surface area contributed by atoms with Gasteiger partial charge >= 0.3 is 0 Å². The van der Waals surface area contributed by atoms with E-state index in [1.165, 1.54) is 0 Å². The summed E-state index contributed by atoms with van der Waals surface area (Å²) < 4.78 is 65.7. The van der Waals surface area contributed by atoms with E-state index in [9.17, 15) is 40.6 Å². The van der Waals surface area contributed by atoms with Crippen LogP contribution in [-0.2, 0) is 56.3 Å². The minimum atomic E-state index is -3.81. The zero-order valence-electron chi connectivity index (χ0n) is 39.8. The molecule has 362 valence electrons. The first-order chi connectivity index (χ1) is 30.6. The SMILES string of the molecule is CC(C)[C@H](NC(=O)[C@H](Cc1cccc2ccccc12)CS(=O)(=O)C(C)(C)C)C(=O)NCP(=O)(CNC(=O)[C@@H](NC(=O)[C@H](Cc1cccc2ccccc12)CS(=O)(=O)C(C)(C)C)C(C)C)NN. The van der Waals surface area contributed by atoms with Crippen molar-refractivity contribution in [3.8, 4) is 0 Å². The summed E-state index contributed by atoms with van der Waals surface area (Å²) >= 11 is 0. The van der Waals surface area contributed by atoms with Crippen LogP contribution in [-0.4, -0.2) is 86.1 Å². The molecule has 4 rings (SSSR count). The Morgan fingerprint density at radius 1 is 0.545 bits per heavy atom. The summed E-state index contributed by atoms with van der Waals surface area (Å²) in [5, 5.41) is 16.5. The Morgan fingerprint density at radius 2 is 0.879 bits per heavy atom. The molecule has 66 heavy (non-hydrogen) atoms. The van der Waals surface area contributed by atoms with Gasteiger partial charge in [-0.25, -0.2) is 22.0 Å². The number of amides is 4. The highest BCUT2D eigenvalue weighted by molar-refractivity contribution is 7.93. The molecule has 0 bridgehead atoms. The van der Waals surface area contributed by atoms with Crippen LogP contribution in [0.5, 0.6) is 0 Å². The fourth-order valence-corrected chi connectivity index (χ4v) is 11.1. The Morgan fingerprint density at radius 3 is 1.20 bits per heavy atom. The number of nitrogens with one attached hydrogen (secondary N) is 5. The number of hydrogen-bond acceptors (Lipinski definition) is 10. The van der Waals surface area contributed by atoms with E-state index < -0.39 is 120 Å². The number of benzene rings is 4. The van der Waals surface area contributed by atoms with Crippen molar-refractivity contribution < 1.29 is 40.6 Å². The van der Waals surface area contributed by atoms with Gasteiger partial charge in [0.1, 0.15) is 12.1 Å². The third-order valence-corrected chi connectivity index (χ3v) is 19.1. The molecule has 0 saturated carbocycles. The summed E-state index contributed by atoms with van der Waals surface area (Å²) in [6.45, 7) is 16.2. The molecule has 7 N–H and O–H groups in total. The Hall–Kier alpha value is -4.67. The predicted octanol–water partition coefficient (Wildman–Crippen LogP) is 5.61. The van der Waals surface area contributed by atoms with Crippen molar-refractivity contribution in [1.29, 1.82) is 0 Å². The topological polar surface area (TPSA) is 240 Å². The molecular formula is C48H69N6O9PS2. The first-order valence-corrected chi connectivity index (χ1v) is 27.6. The van der Waals surface area contributed by atoms with Gasteiger partial charge in [0.25, 0.3) is 0 Å². The molecule has 4 aromatic rings. The average molecular weight is 969 g/mol. The second-order valence-electron chi connectivity index (χ2n) is 19.7. The molecule has 0 saturated heterocycles. The van der Waals surface area contributed by atoms with Crippen LogP contribution >= 0.6 is 7.29 Å². The van der Waals surface area contributed by atoms with Gasteiger partial charge in [0.05, 0.1) is 45.4 Å². The molecule has 0 unspecified atom stereocenters. The van der Waals surface area contributed by atoms with Gasteiger partial charge in [0, 0.05) is 0 Å². The molecule has 0 spiro atoms. The minimum absolute atomic E-state index is 0.0830. The van der Waals surface area contributed by atoms with E-state index in [0.29, 0.717) is 0 Å². The number of carbonyl (C=O) groups is 4. The number of hydrogen-bond donors (Lipinski definition) is 6. The van der Waals surface area contributed by atoms with Crippen LogP contribution in [0.4, 0.5) is 0 Å². The lowest BCUT2D eigenvalue weighted by Gasteiger charge is -2.28. The highest BCUT2D eigenvalue weighted by Gasteiger charge is 2.39. The highest BCUT2D eigenvalue weighted by atomic mass is 32.2. The fourth-order valence-electron chi connectivity index (χ4n) is 7.35. The quantitative estimate of drug-likeness (QED) is 0.0341. The molecule has 18 heteroatoms. The molecule has 0 heterocycles. The van der Waals surface area contributed by atoms with Gasteiger partial charge in [-0.3, -0.25) is 25.0 Å². The van der Waals surface area contributed by atoms with Crippen LogP contribution in [0, 0.1) is 23.7 Å². The number of hydrazine groups is 1. The molecule has 4 amide bonds. The third-order valence-electron chi connectivity index (χ3n) is 11.9. The van der Waals surface area contributed by atoms with Crippen molar-refractivity contribution in [2.45, 2.75) is 104 Å². The summed E-state index contributed by atoms with van der Waals surface area (Å²) in [7, 11) is -11.4. The highest BCUT2D eigenvalue weighted by Crippen LogP contribution is 2.36.